The number of nitro benzene ring substituents is 1. The van der Waals surface area contributed by atoms with Crippen molar-refractivity contribution in [2.75, 3.05) is 7.05 Å². The molecular formula is C18H23FN4O5S. The normalized spacial score (nSPS) is 26.5. The molecule has 1 saturated carbocycles. The first-order chi connectivity index (χ1) is 13.4. The number of hydrogen-bond donors (Lipinski definition) is 1. The van der Waals surface area contributed by atoms with Crippen LogP contribution in [0.1, 0.15) is 45.6 Å². The van der Waals surface area contributed by atoms with Crippen LogP contribution in [0.25, 0.3) is 0 Å². The summed E-state index contributed by atoms with van der Waals surface area (Å²) in [7, 11) is -0.117. The van der Waals surface area contributed by atoms with Crippen molar-refractivity contribution in [3.63, 3.8) is 0 Å². The molecule has 9 nitrogen and oxygen atoms in total. The molecule has 0 saturated heterocycles. The molecule has 1 amide bonds. The van der Waals surface area contributed by atoms with Crippen molar-refractivity contribution in [1.82, 2.24) is 9.62 Å². The minimum Gasteiger partial charge on any atom is -0.444 e. The van der Waals surface area contributed by atoms with Crippen LogP contribution in [0.3, 0.4) is 0 Å². The zero-order valence-electron chi connectivity index (χ0n) is 16.6. The minimum atomic E-state index is -1.63. The molecule has 1 aromatic rings. The number of aliphatic imine (C=N–C) groups is 1. The molecule has 1 aliphatic heterocycles. The summed E-state index contributed by atoms with van der Waals surface area (Å²) in [6, 6.07) is 3.25. The third kappa shape index (κ3) is 3.96. The number of hydrogen-bond acceptors (Lipinski definition) is 6. The van der Waals surface area contributed by atoms with E-state index < -0.39 is 44.2 Å². The summed E-state index contributed by atoms with van der Waals surface area (Å²) >= 11 is 0. The molecular weight excluding hydrogens is 403 g/mol. The van der Waals surface area contributed by atoms with E-state index >= 15 is 0 Å². The summed E-state index contributed by atoms with van der Waals surface area (Å²) in [6.45, 7) is 5.10. The van der Waals surface area contributed by atoms with Gasteiger partial charge in [0.2, 0.25) is 5.96 Å². The molecule has 11 heteroatoms. The molecule has 3 atom stereocenters. The molecule has 0 spiro atoms. The van der Waals surface area contributed by atoms with Crippen molar-refractivity contribution in [3.8, 4) is 0 Å². The van der Waals surface area contributed by atoms with E-state index in [0.717, 1.165) is 18.2 Å². The van der Waals surface area contributed by atoms with Gasteiger partial charge in [-0.25, -0.2) is 18.4 Å². The zero-order chi connectivity index (χ0) is 21.6. The Kier molecular flexibility index (Phi) is 5.37. The number of fused-ring (bicyclic) bond motifs is 1. The fraction of sp³-hybridized carbons (Fsp3) is 0.556. The number of nitro groups is 1. The molecule has 29 heavy (non-hydrogen) atoms. The molecule has 1 fully saturated rings. The highest BCUT2D eigenvalue weighted by Gasteiger charge is 2.54. The van der Waals surface area contributed by atoms with Gasteiger partial charge in [0, 0.05) is 24.7 Å². The number of rotatable bonds is 2. The molecule has 3 rings (SSSR count). The van der Waals surface area contributed by atoms with Crippen LogP contribution in [0, 0.1) is 15.9 Å². The summed E-state index contributed by atoms with van der Waals surface area (Å²) in [4.78, 5) is 27.4. The Labute approximate surface area is 170 Å². The Hall–Kier alpha value is -2.56. The molecule has 0 aromatic heterocycles. The van der Waals surface area contributed by atoms with Gasteiger partial charge in [-0.1, -0.05) is 0 Å². The fourth-order valence-electron chi connectivity index (χ4n) is 3.72. The largest absolute Gasteiger partial charge is 0.444 e. The van der Waals surface area contributed by atoms with Gasteiger partial charge in [-0.05, 0) is 46.1 Å². The van der Waals surface area contributed by atoms with Crippen LogP contribution in [-0.4, -0.2) is 43.4 Å². The summed E-state index contributed by atoms with van der Waals surface area (Å²) in [5, 5.41) is 13.1. The van der Waals surface area contributed by atoms with Crippen LogP contribution >= 0.6 is 0 Å². The predicted octanol–water partition coefficient (Wildman–Crippen LogP) is 2.97. The Bertz CT molecular complexity index is 916. The van der Waals surface area contributed by atoms with Gasteiger partial charge in [0.15, 0.2) is 0 Å². The van der Waals surface area contributed by atoms with Crippen LogP contribution in [0.15, 0.2) is 23.2 Å². The number of nitrogens with one attached hydrogen (secondary N) is 1. The predicted molar refractivity (Wildman–Crippen MR) is 105 cm³/mol. The smallest absolute Gasteiger partial charge is 0.414 e. The standard InChI is InChI=1S/C18H23FN4O5S/c1-17(2,3)28-16(24)20-15-21-18(9-5-6-14(18)29(27)22(15)4)12-10-11(23(25)26)7-8-13(12)19/h7-8,10,14H,5-6,9H2,1-4H3,(H,20,21,24). The monoisotopic (exact) mass is 426 g/mol. The molecule has 1 aromatic carbocycles. The molecule has 0 bridgehead atoms. The topological polar surface area (TPSA) is 114 Å². The van der Waals surface area contributed by atoms with Gasteiger partial charge in [-0.2, -0.15) is 0 Å². The highest BCUT2D eigenvalue weighted by molar-refractivity contribution is 7.84. The lowest BCUT2D eigenvalue weighted by atomic mass is 9.87. The lowest BCUT2D eigenvalue weighted by Crippen LogP contribution is -2.55. The lowest BCUT2D eigenvalue weighted by molar-refractivity contribution is -0.385. The first-order valence-corrected chi connectivity index (χ1v) is 10.3. The van der Waals surface area contributed by atoms with Gasteiger partial charge >= 0.3 is 6.09 Å². The van der Waals surface area contributed by atoms with Gasteiger partial charge in [0.1, 0.15) is 27.9 Å². The van der Waals surface area contributed by atoms with Crippen molar-refractivity contribution >= 4 is 28.7 Å². The highest BCUT2D eigenvalue weighted by atomic mass is 32.2. The first kappa shape index (κ1) is 21.2. The number of amides is 1. The average molecular weight is 426 g/mol. The number of halogens is 1. The third-order valence-corrected chi connectivity index (χ3v) is 6.74. The zero-order valence-corrected chi connectivity index (χ0v) is 17.4. The number of benzene rings is 1. The number of guanidine groups is 1. The Morgan fingerprint density at radius 3 is 2.79 bits per heavy atom. The van der Waals surface area contributed by atoms with Crippen LogP contribution in [0.4, 0.5) is 14.9 Å². The average Bonchev–Trinajstić information content (AvgIpc) is 3.02. The van der Waals surface area contributed by atoms with Crippen molar-refractivity contribution in [2.45, 2.75) is 56.4 Å². The van der Waals surface area contributed by atoms with Crippen LogP contribution < -0.4 is 5.32 Å². The highest BCUT2D eigenvalue weighted by Crippen LogP contribution is 2.49. The Morgan fingerprint density at radius 2 is 2.17 bits per heavy atom. The van der Waals surface area contributed by atoms with Crippen LogP contribution in [-0.2, 0) is 21.3 Å². The van der Waals surface area contributed by atoms with Gasteiger partial charge in [-0.15, -0.1) is 0 Å². The second-order valence-electron chi connectivity index (χ2n) is 8.06. The summed E-state index contributed by atoms with van der Waals surface area (Å²) < 4.78 is 34.4. The minimum absolute atomic E-state index is 0.0131. The van der Waals surface area contributed by atoms with Crippen LogP contribution in [0.2, 0.25) is 0 Å². The SMILES string of the molecule is CN1C(NC(=O)OC(C)(C)C)=NC2(c3cc([N+](=O)[O-])ccc3F)CCCC2S1=O. The maximum absolute atomic E-state index is 14.8. The maximum atomic E-state index is 14.8. The number of ether oxygens (including phenoxy) is 1. The van der Waals surface area contributed by atoms with Crippen molar-refractivity contribution in [3.05, 3.63) is 39.7 Å². The molecule has 3 unspecified atom stereocenters. The van der Waals surface area contributed by atoms with E-state index in [9.17, 15) is 23.5 Å². The number of alkyl carbamates (subject to hydrolysis) is 1. The number of non-ortho nitro benzene ring substituents is 1. The summed E-state index contributed by atoms with van der Waals surface area (Å²) in [5.74, 6) is -0.689. The van der Waals surface area contributed by atoms with E-state index in [1.807, 2.05) is 0 Å². The number of carbonyl (C=O) groups excluding carboxylic acids is 1. The van der Waals surface area contributed by atoms with Gasteiger partial charge in [-0.3, -0.25) is 19.7 Å². The Balaban J connectivity index is 2.09. The molecule has 2 aliphatic rings. The first-order valence-electron chi connectivity index (χ1n) is 9.13. The van der Waals surface area contributed by atoms with Gasteiger partial charge in [0.05, 0.1) is 10.2 Å². The molecule has 158 valence electrons. The fourth-order valence-corrected chi connectivity index (χ4v) is 5.35. The van der Waals surface area contributed by atoms with Gasteiger partial charge in [0.25, 0.3) is 5.69 Å². The van der Waals surface area contributed by atoms with E-state index in [1.165, 1.54) is 11.4 Å². The maximum Gasteiger partial charge on any atom is 0.414 e. The van der Waals surface area contributed by atoms with Crippen molar-refractivity contribution < 1.29 is 23.1 Å². The molecule has 0 radical (unpaired) electrons. The van der Waals surface area contributed by atoms with Crippen LogP contribution in [0.5, 0.6) is 0 Å². The third-order valence-electron chi connectivity index (χ3n) is 4.91. The number of nitrogens with zero attached hydrogens (tertiary/aromatic N) is 3. The van der Waals surface area contributed by atoms with E-state index in [4.69, 9.17) is 4.74 Å². The van der Waals surface area contributed by atoms with Crippen molar-refractivity contribution in [1.29, 1.82) is 0 Å². The summed E-state index contributed by atoms with van der Waals surface area (Å²) in [5.41, 5.74) is -2.28. The lowest BCUT2D eigenvalue weighted by Gasteiger charge is -2.40. The van der Waals surface area contributed by atoms with E-state index in [0.29, 0.717) is 19.3 Å². The quantitative estimate of drug-likeness (QED) is 0.577. The van der Waals surface area contributed by atoms with Gasteiger partial charge < -0.3 is 4.74 Å². The second-order valence-corrected chi connectivity index (χ2v) is 9.73. The molecule has 1 heterocycles. The van der Waals surface area contributed by atoms with Crippen molar-refractivity contribution in [2.24, 2.45) is 4.99 Å². The molecule has 1 N–H and O–H groups in total. The van der Waals surface area contributed by atoms with E-state index in [2.05, 4.69) is 10.3 Å². The Morgan fingerprint density at radius 1 is 1.48 bits per heavy atom. The molecule has 1 aliphatic carbocycles. The second kappa shape index (κ2) is 7.36. The van der Waals surface area contributed by atoms with E-state index in [1.54, 1.807) is 20.8 Å². The van der Waals surface area contributed by atoms with E-state index in [-0.39, 0.29) is 17.2 Å². The summed E-state index contributed by atoms with van der Waals surface area (Å²) in [6.07, 6.45) is 0.707. The number of carbonyl (C=O) groups is 1.